The van der Waals surface area contributed by atoms with Gasteiger partial charge in [0.25, 0.3) is 0 Å². The Kier molecular flexibility index (Phi) is 8.12. The Balaban J connectivity index is 1.81. The molecule has 0 radical (unpaired) electrons. The van der Waals surface area contributed by atoms with Crippen molar-refractivity contribution in [3.8, 4) is 0 Å². The third kappa shape index (κ3) is 6.24. The number of hydrogen-bond donors (Lipinski definition) is 4. The monoisotopic (exact) mass is 494 g/mol. The standard InChI is InChI=1S/C21H30N6O6S/c1-26(2)14-5-7-15(8-6-14)34(31,32)25-17(10-9-16(22)19-23-11-12-24-19)20(28)27-13-3-4-18(27)33-21(29)30/h5-8,11-12,16-18,25H,3-4,9-10,13,22H2,1-2H3,(H,23,24)(H,29,30)/t16-,17-,18+/m0/s1. The molecule has 1 aromatic heterocycles. The zero-order valence-corrected chi connectivity index (χ0v) is 19.9. The van der Waals surface area contributed by atoms with Crippen molar-refractivity contribution in [3.05, 3.63) is 42.5 Å². The summed E-state index contributed by atoms with van der Waals surface area (Å²) in [4.78, 5) is 34.5. The number of carbonyl (C=O) groups excluding carboxylic acids is 1. The molecule has 1 saturated heterocycles. The lowest BCUT2D eigenvalue weighted by Gasteiger charge is -2.28. The fourth-order valence-electron chi connectivity index (χ4n) is 3.80. The topological polar surface area (TPSA) is 171 Å². The number of anilines is 1. The van der Waals surface area contributed by atoms with E-state index >= 15 is 0 Å². The van der Waals surface area contributed by atoms with Gasteiger partial charge in [-0.25, -0.2) is 18.2 Å². The Labute approximate surface area is 198 Å². The molecule has 5 N–H and O–H groups in total. The van der Waals surface area contributed by atoms with Crippen LogP contribution in [0, 0.1) is 0 Å². The molecular formula is C21H30N6O6S. The van der Waals surface area contributed by atoms with Gasteiger partial charge in [0.1, 0.15) is 11.9 Å². The summed E-state index contributed by atoms with van der Waals surface area (Å²) in [6, 6.07) is 4.53. The van der Waals surface area contributed by atoms with Gasteiger partial charge in [0, 0.05) is 45.1 Å². The number of aromatic nitrogens is 2. The maximum atomic E-state index is 13.3. The van der Waals surface area contributed by atoms with Crippen LogP contribution in [0.15, 0.2) is 41.6 Å². The molecule has 13 heteroatoms. The SMILES string of the molecule is CN(C)c1ccc(S(=O)(=O)N[C@@H](CC[C@H](N)c2ncc[nH]2)C(=O)N2CCC[C@H]2OC(=O)O)cc1. The van der Waals surface area contributed by atoms with Crippen LogP contribution < -0.4 is 15.4 Å². The largest absolute Gasteiger partial charge is 0.507 e. The van der Waals surface area contributed by atoms with E-state index in [9.17, 15) is 18.0 Å². The molecular weight excluding hydrogens is 464 g/mol. The highest BCUT2D eigenvalue weighted by molar-refractivity contribution is 7.89. The first-order chi connectivity index (χ1) is 16.1. The van der Waals surface area contributed by atoms with Crippen LogP contribution in [0.25, 0.3) is 0 Å². The fraction of sp³-hybridized carbons (Fsp3) is 0.476. The number of nitrogens with zero attached hydrogens (tertiary/aromatic N) is 3. The average molecular weight is 495 g/mol. The average Bonchev–Trinajstić information content (AvgIpc) is 3.48. The predicted octanol–water partition coefficient (Wildman–Crippen LogP) is 1.25. The maximum Gasteiger partial charge on any atom is 0.507 e. The summed E-state index contributed by atoms with van der Waals surface area (Å²) < 4.78 is 33.5. The van der Waals surface area contributed by atoms with Crippen LogP contribution in [-0.2, 0) is 19.6 Å². The highest BCUT2D eigenvalue weighted by atomic mass is 32.2. The van der Waals surface area contributed by atoms with Crippen LogP contribution in [0.4, 0.5) is 10.5 Å². The summed E-state index contributed by atoms with van der Waals surface area (Å²) in [5.74, 6) is -0.0505. The summed E-state index contributed by atoms with van der Waals surface area (Å²) in [7, 11) is -0.381. The third-order valence-electron chi connectivity index (χ3n) is 5.61. The first-order valence-corrected chi connectivity index (χ1v) is 12.3. The molecule has 0 aliphatic carbocycles. The number of carboxylic acid groups (broad SMARTS) is 1. The normalized spacial score (nSPS) is 17.9. The highest BCUT2D eigenvalue weighted by Gasteiger charge is 2.37. The summed E-state index contributed by atoms with van der Waals surface area (Å²) in [6.07, 6.45) is 1.93. The zero-order chi connectivity index (χ0) is 24.9. The fourth-order valence-corrected chi connectivity index (χ4v) is 5.03. The number of carbonyl (C=O) groups is 2. The molecule has 186 valence electrons. The van der Waals surface area contributed by atoms with Gasteiger partial charge in [0.15, 0.2) is 6.23 Å². The van der Waals surface area contributed by atoms with Gasteiger partial charge in [-0.3, -0.25) is 4.79 Å². The molecule has 3 atom stereocenters. The molecule has 0 bridgehead atoms. The van der Waals surface area contributed by atoms with Crippen LogP contribution in [0.2, 0.25) is 0 Å². The zero-order valence-electron chi connectivity index (χ0n) is 19.0. The molecule has 2 heterocycles. The Bertz CT molecular complexity index is 1070. The van der Waals surface area contributed by atoms with Crippen molar-refractivity contribution in [2.45, 2.75) is 48.9 Å². The minimum Gasteiger partial charge on any atom is -0.450 e. The van der Waals surface area contributed by atoms with E-state index in [2.05, 4.69) is 14.7 Å². The summed E-state index contributed by atoms with van der Waals surface area (Å²) in [6.45, 7) is 0.261. The van der Waals surface area contributed by atoms with Crippen molar-refractivity contribution in [1.82, 2.24) is 19.6 Å². The molecule has 1 aliphatic heterocycles. The van der Waals surface area contributed by atoms with E-state index in [1.54, 1.807) is 24.5 Å². The van der Waals surface area contributed by atoms with Gasteiger partial charge >= 0.3 is 6.16 Å². The van der Waals surface area contributed by atoms with Crippen LogP contribution in [0.3, 0.4) is 0 Å². The maximum absolute atomic E-state index is 13.3. The number of amides is 1. The number of nitrogens with one attached hydrogen (secondary N) is 2. The lowest BCUT2D eigenvalue weighted by Crippen LogP contribution is -2.51. The second kappa shape index (κ2) is 10.8. The minimum atomic E-state index is -4.06. The Hall–Kier alpha value is -3.16. The van der Waals surface area contributed by atoms with Crippen molar-refractivity contribution in [1.29, 1.82) is 0 Å². The summed E-state index contributed by atoms with van der Waals surface area (Å²) >= 11 is 0. The smallest absolute Gasteiger partial charge is 0.450 e. The highest BCUT2D eigenvalue weighted by Crippen LogP contribution is 2.23. The first kappa shape index (κ1) is 25.5. The quantitative estimate of drug-likeness (QED) is 0.355. The van der Waals surface area contributed by atoms with Crippen molar-refractivity contribution in [2.75, 3.05) is 25.5 Å². The number of nitrogens with two attached hydrogens (primary N) is 1. The van der Waals surface area contributed by atoms with Gasteiger partial charge in [-0.05, 0) is 43.5 Å². The molecule has 1 aliphatic rings. The van der Waals surface area contributed by atoms with E-state index in [-0.39, 0.29) is 24.3 Å². The molecule has 1 amide bonds. The second-order valence-corrected chi connectivity index (χ2v) is 9.95. The van der Waals surface area contributed by atoms with Gasteiger partial charge in [-0.1, -0.05) is 0 Å². The Morgan fingerprint density at radius 1 is 1.32 bits per heavy atom. The van der Waals surface area contributed by atoms with Crippen LogP contribution in [0.5, 0.6) is 0 Å². The number of imidazole rings is 1. The lowest BCUT2D eigenvalue weighted by molar-refractivity contribution is -0.140. The number of likely N-dealkylation sites (tertiary alicyclic amines) is 1. The van der Waals surface area contributed by atoms with Crippen molar-refractivity contribution >= 4 is 27.8 Å². The molecule has 0 spiro atoms. The van der Waals surface area contributed by atoms with Crippen LogP contribution in [-0.4, -0.2) is 73.4 Å². The van der Waals surface area contributed by atoms with Gasteiger partial charge in [-0.2, -0.15) is 4.72 Å². The molecule has 1 fully saturated rings. The Morgan fingerprint density at radius 2 is 2.03 bits per heavy atom. The first-order valence-electron chi connectivity index (χ1n) is 10.8. The molecule has 12 nitrogen and oxygen atoms in total. The van der Waals surface area contributed by atoms with E-state index in [0.717, 1.165) is 5.69 Å². The van der Waals surface area contributed by atoms with E-state index in [0.29, 0.717) is 18.7 Å². The van der Waals surface area contributed by atoms with Gasteiger partial charge < -0.3 is 30.4 Å². The number of H-pyrrole nitrogens is 1. The predicted molar refractivity (Wildman–Crippen MR) is 123 cm³/mol. The van der Waals surface area contributed by atoms with Crippen LogP contribution >= 0.6 is 0 Å². The minimum absolute atomic E-state index is 0.00555. The number of sulfonamides is 1. The second-order valence-electron chi connectivity index (χ2n) is 8.23. The number of hydrogen-bond acceptors (Lipinski definition) is 8. The van der Waals surface area contributed by atoms with Crippen molar-refractivity contribution in [3.63, 3.8) is 0 Å². The van der Waals surface area contributed by atoms with E-state index in [4.69, 9.17) is 15.6 Å². The molecule has 3 rings (SSSR count). The van der Waals surface area contributed by atoms with Gasteiger partial charge in [0.2, 0.25) is 15.9 Å². The lowest BCUT2D eigenvalue weighted by atomic mass is 10.1. The van der Waals surface area contributed by atoms with E-state index < -0.39 is 40.4 Å². The molecule has 34 heavy (non-hydrogen) atoms. The number of rotatable bonds is 10. The number of benzene rings is 1. The number of ether oxygens (including phenoxy) is 1. The van der Waals surface area contributed by atoms with E-state index in [1.807, 2.05) is 19.0 Å². The van der Waals surface area contributed by atoms with Crippen LogP contribution in [0.1, 0.15) is 37.5 Å². The van der Waals surface area contributed by atoms with Gasteiger partial charge in [-0.15, -0.1) is 0 Å². The molecule has 2 aromatic rings. The van der Waals surface area contributed by atoms with Crippen molar-refractivity contribution < 1.29 is 27.9 Å². The summed E-state index contributed by atoms with van der Waals surface area (Å²) in [5, 5.41) is 8.99. The molecule has 0 saturated carbocycles. The summed E-state index contributed by atoms with van der Waals surface area (Å²) in [5.41, 5.74) is 6.97. The molecule has 1 aromatic carbocycles. The molecule has 0 unspecified atom stereocenters. The Morgan fingerprint density at radius 3 is 2.62 bits per heavy atom. The number of aromatic amines is 1. The van der Waals surface area contributed by atoms with Crippen molar-refractivity contribution in [2.24, 2.45) is 5.73 Å². The third-order valence-corrected chi connectivity index (χ3v) is 7.10. The van der Waals surface area contributed by atoms with E-state index in [1.165, 1.54) is 17.0 Å². The van der Waals surface area contributed by atoms with Gasteiger partial charge in [0.05, 0.1) is 10.9 Å².